The highest BCUT2D eigenvalue weighted by molar-refractivity contribution is 5.78. The maximum absolute atomic E-state index is 5.64. The molecule has 0 radical (unpaired) electrons. The molecule has 100 valence electrons. The molecule has 0 atom stereocenters. The number of methoxy groups -OCH3 is 1. The summed E-state index contributed by atoms with van der Waals surface area (Å²) in [6.07, 6.45) is 0. The van der Waals surface area contributed by atoms with E-state index in [1.807, 2.05) is 37.4 Å². The van der Waals surface area contributed by atoms with E-state index in [9.17, 15) is 0 Å². The molecule has 1 N–H and O–H groups in total. The van der Waals surface area contributed by atoms with E-state index in [2.05, 4.69) is 23.5 Å². The Kier molecular flexibility index (Phi) is 4.81. The van der Waals surface area contributed by atoms with Crippen molar-refractivity contribution in [2.75, 3.05) is 32.7 Å². The van der Waals surface area contributed by atoms with Crippen molar-refractivity contribution in [3.05, 3.63) is 48.5 Å². The lowest BCUT2D eigenvalue weighted by atomic mass is 10.0. The van der Waals surface area contributed by atoms with E-state index in [1.165, 1.54) is 5.56 Å². The molecule has 0 aliphatic heterocycles. The Bertz CT molecular complexity index is 526. The second-order valence-electron chi connectivity index (χ2n) is 4.16. The molecule has 0 fully saturated rings. The molecule has 2 aromatic rings. The number of rotatable bonds is 6. The van der Waals surface area contributed by atoms with Gasteiger partial charge >= 0.3 is 0 Å². The summed E-state index contributed by atoms with van der Waals surface area (Å²) in [6.45, 7) is 1.16. The van der Waals surface area contributed by atoms with Crippen LogP contribution in [0.5, 0.6) is 5.75 Å². The van der Waals surface area contributed by atoms with E-state index in [0.717, 1.165) is 17.0 Å². The zero-order valence-corrected chi connectivity index (χ0v) is 11.3. The zero-order chi connectivity index (χ0) is 13.5. The van der Waals surface area contributed by atoms with Crippen molar-refractivity contribution in [1.82, 2.24) is 0 Å². The molecule has 0 spiro atoms. The third kappa shape index (κ3) is 3.48. The first-order valence-electron chi connectivity index (χ1n) is 6.34. The van der Waals surface area contributed by atoms with E-state index in [-0.39, 0.29) is 0 Å². The first-order valence-corrected chi connectivity index (χ1v) is 6.34. The van der Waals surface area contributed by atoms with Gasteiger partial charge in [0.1, 0.15) is 12.4 Å². The van der Waals surface area contributed by atoms with E-state index in [1.54, 1.807) is 7.11 Å². The molecule has 19 heavy (non-hydrogen) atoms. The summed E-state index contributed by atoms with van der Waals surface area (Å²) in [5, 5.41) is 3.21. The van der Waals surface area contributed by atoms with Crippen LogP contribution in [0.25, 0.3) is 11.1 Å². The molecule has 2 rings (SSSR count). The molecule has 3 nitrogen and oxygen atoms in total. The molecule has 2 aromatic carbocycles. The largest absolute Gasteiger partial charge is 0.491 e. The van der Waals surface area contributed by atoms with Crippen LogP contribution >= 0.6 is 0 Å². The molecule has 0 amide bonds. The van der Waals surface area contributed by atoms with Gasteiger partial charge in [0.05, 0.1) is 6.61 Å². The molecule has 0 heterocycles. The van der Waals surface area contributed by atoms with Crippen molar-refractivity contribution < 1.29 is 9.47 Å². The van der Waals surface area contributed by atoms with Crippen molar-refractivity contribution in [3.63, 3.8) is 0 Å². The standard InChI is InChI=1S/C16H19NO2/c1-17-16-9-4-3-8-15(16)13-6-5-7-14(12-13)19-11-10-18-2/h3-9,12,17H,10-11H2,1-2H3. The quantitative estimate of drug-likeness (QED) is 0.804. The van der Waals surface area contributed by atoms with Crippen LogP contribution in [-0.2, 0) is 4.74 Å². The van der Waals surface area contributed by atoms with Gasteiger partial charge in [0, 0.05) is 25.4 Å². The Morgan fingerprint density at radius 2 is 1.84 bits per heavy atom. The molecule has 0 aliphatic carbocycles. The van der Waals surface area contributed by atoms with Crippen molar-refractivity contribution in [3.8, 4) is 16.9 Å². The number of nitrogens with one attached hydrogen (secondary N) is 1. The first kappa shape index (κ1) is 13.4. The smallest absolute Gasteiger partial charge is 0.120 e. The molecule has 0 aromatic heterocycles. The predicted molar refractivity (Wildman–Crippen MR) is 78.8 cm³/mol. The summed E-state index contributed by atoms with van der Waals surface area (Å²) >= 11 is 0. The second kappa shape index (κ2) is 6.81. The van der Waals surface area contributed by atoms with Gasteiger partial charge in [-0.1, -0.05) is 30.3 Å². The third-order valence-electron chi connectivity index (χ3n) is 2.90. The van der Waals surface area contributed by atoms with E-state index in [0.29, 0.717) is 13.2 Å². The Hall–Kier alpha value is -2.00. The number of hydrogen-bond donors (Lipinski definition) is 1. The van der Waals surface area contributed by atoms with Gasteiger partial charge in [0.15, 0.2) is 0 Å². The van der Waals surface area contributed by atoms with E-state index >= 15 is 0 Å². The van der Waals surface area contributed by atoms with Crippen molar-refractivity contribution in [2.45, 2.75) is 0 Å². The molecular weight excluding hydrogens is 238 g/mol. The Morgan fingerprint density at radius 1 is 1.00 bits per heavy atom. The number of anilines is 1. The van der Waals surface area contributed by atoms with Crippen LogP contribution in [0.1, 0.15) is 0 Å². The zero-order valence-electron chi connectivity index (χ0n) is 11.3. The monoisotopic (exact) mass is 257 g/mol. The summed E-state index contributed by atoms with van der Waals surface area (Å²) in [4.78, 5) is 0. The van der Waals surface area contributed by atoms with Crippen LogP contribution in [0.15, 0.2) is 48.5 Å². The minimum absolute atomic E-state index is 0.563. The average Bonchev–Trinajstić information content (AvgIpc) is 2.48. The summed E-state index contributed by atoms with van der Waals surface area (Å²) < 4.78 is 10.6. The molecule has 0 saturated carbocycles. The maximum atomic E-state index is 5.64. The maximum Gasteiger partial charge on any atom is 0.120 e. The van der Waals surface area contributed by atoms with Gasteiger partial charge in [-0.15, -0.1) is 0 Å². The molecular formula is C16H19NO2. The third-order valence-corrected chi connectivity index (χ3v) is 2.90. The lowest BCUT2D eigenvalue weighted by Gasteiger charge is -2.11. The lowest BCUT2D eigenvalue weighted by Crippen LogP contribution is -2.04. The van der Waals surface area contributed by atoms with Gasteiger partial charge < -0.3 is 14.8 Å². The van der Waals surface area contributed by atoms with Crippen LogP contribution in [0.4, 0.5) is 5.69 Å². The summed E-state index contributed by atoms with van der Waals surface area (Å²) in [5.41, 5.74) is 3.42. The molecule has 0 saturated heterocycles. The van der Waals surface area contributed by atoms with Crippen molar-refractivity contribution >= 4 is 5.69 Å². The van der Waals surface area contributed by atoms with Crippen LogP contribution in [0.2, 0.25) is 0 Å². The molecule has 0 bridgehead atoms. The molecule has 0 aliphatic rings. The van der Waals surface area contributed by atoms with Crippen LogP contribution in [-0.4, -0.2) is 27.4 Å². The minimum atomic E-state index is 0.563. The molecule has 0 unspecified atom stereocenters. The number of ether oxygens (including phenoxy) is 2. The van der Waals surface area contributed by atoms with Gasteiger partial charge in [0.25, 0.3) is 0 Å². The average molecular weight is 257 g/mol. The normalized spacial score (nSPS) is 10.2. The van der Waals surface area contributed by atoms with Crippen LogP contribution in [0, 0.1) is 0 Å². The van der Waals surface area contributed by atoms with E-state index < -0.39 is 0 Å². The summed E-state index contributed by atoms with van der Waals surface area (Å²) in [7, 11) is 3.60. The predicted octanol–water partition coefficient (Wildman–Crippen LogP) is 3.42. The van der Waals surface area contributed by atoms with Gasteiger partial charge in [-0.2, -0.15) is 0 Å². The highest BCUT2D eigenvalue weighted by Crippen LogP contribution is 2.29. The lowest BCUT2D eigenvalue weighted by molar-refractivity contribution is 0.146. The van der Waals surface area contributed by atoms with E-state index in [4.69, 9.17) is 9.47 Å². The van der Waals surface area contributed by atoms with Crippen LogP contribution in [0.3, 0.4) is 0 Å². The Morgan fingerprint density at radius 3 is 2.63 bits per heavy atom. The fraction of sp³-hybridized carbons (Fsp3) is 0.250. The van der Waals surface area contributed by atoms with Gasteiger partial charge in [-0.3, -0.25) is 0 Å². The van der Waals surface area contributed by atoms with Gasteiger partial charge in [0.2, 0.25) is 0 Å². The van der Waals surface area contributed by atoms with Crippen molar-refractivity contribution in [1.29, 1.82) is 0 Å². The second-order valence-corrected chi connectivity index (χ2v) is 4.16. The minimum Gasteiger partial charge on any atom is -0.491 e. The number of hydrogen-bond acceptors (Lipinski definition) is 3. The Labute approximate surface area is 114 Å². The topological polar surface area (TPSA) is 30.5 Å². The number of para-hydroxylation sites is 1. The fourth-order valence-electron chi connectivity index (χ4n) is 1.95. The summed E-state index contributed by atoms with van der Waals surface area (Å²) in [5.74, 6) is 0.862. The highest BCUT2D eigenvalue weighted by atomic mass is 16.5. The first-order chi connectivity index (χ1) is 9.35. The van der Waals surface area contributed by atoms with Crippen molar-refractivity contribution in [2.24, 2.45) is 0 Å². The molecule has 3 heteroatoms. The SMILES string of the molecule is CNc1ccccc1-c1cccc(OCCOC)c1. The summed E-state index contributed by atoms with van der Waals surface area (Å²) in [6, 6.07) is 16.3. The van der Waals surface area contributed by atoms with Gasteiger partial charge in [-0.25, -0.2) is 0 Å². The van der Waals surface area contributed by atoms with Gasteiger partial charge in [-0.05, 0) is 23.8 Å². The fourth-order valence-corrected chi connectivity index (χ4v) is 1.95. The number of benzene rings is 2. The highest BCUT2D eigenvalue weighted by Gasteiger charge is 2.04. The Balaban J connectivity index is 2.22. The van der Waals surface area contributed by atoms with Crippen LogP contribution < -0.4 is 10.1 Å².